The Hall–Kier alpha value is -1.39. The molecule has 0 aromatic heterocycles. The molecule has 0 aliphatic rings. The molecule has 0 heterocycles. The van der Waals surface area contributed by atoms with Gasteiger partial charge in [-0.2, -0.15) is 0 Å². The molecule has 0 spiro atoms. The van der Waals surface area contributed by atoms with E-state index in [1.54, 1.807) is 6.08 Å². The standard InChI is InChI=1S/C55H105NO3/c1-3-5-7-9-11-13-15-17-18-19-20-21-22-23-24-25-26-27-28-29-30-31-32-33-34-35-36-37-38-39-41-43-45-47-49-51-55(59)56-53(52-57)54(58)50-48-46-44-42-40-16-14-12-10-8-6-4-2/h22-23,25-26,48,50,53-54,57-58H,3-21,24,27-47,49,51-52H2,1-2H3,(H,56,59)/b23-22-,26-25-,50-48+. The molecular formula is C55H105NO3. The number of aliphatic hydroxyl groups excluding tert-OH is 2. The molecular weight excluding hydrogens is 723 g/mol. The van der Waals surface area contributed by atoms with Gasteiger partial charge in [0, 0.05) is 6.42 Å². The Morgan fingerprint density at radius 2 is 0.695 bits per heavy atom. The molecule has 0 aromatic carbocycles. The number of hydrogen-bond donors (Lipinski definition) is 3. The van der Waals surface area contributed by atoms with Crippen molar-refractivity contribution in [2.24, 2.45) is 0 Å². The predicted molar refractivity (Wildman–Crippen MR) is 262 cm³/mol. The minimum atomic E-state index is -0.836. The summed E-state index contributed by atoms with van der Waals surface area (Å²) in [4.78, 5) is 12.4. The number of aliphatic hydroxyl groups is 2. The summed E-state index contributed by atoms with van der Waals surface area (Å²) < 4.78 is 0. The molecule has 59 heavy (non-hydrogen) atoms. The van der Waals surface area contributed by atoms with Crippen molar-refractivity contribution in [3.63, 3.8) is 0 Å². The van der Waals surface area contributed by atoms with Gasteiger partial charge in [0.2, 0.25) is 5.91 Å². The van der Waals surface area contributed by atoms with Crippen molar-refractivity contribution in [1.82, 2.24) is 5.32 Å². The van der Waals surface area contributed by atoms with Crippen LogP contribution in [-0.4, -0.2) is 34.9 Å². The number of rotatable bonds is 49. The minimum absolute atomic E-state index is 0.0620. The first-order chi connectivity index (χ1) is 29.2. The van der Waals surface area contributed by atoms with Gasteiger partial charge in [0.1, 0.15) is 0 Å². The summed E-state index contributed by atoms with van der Waals surface area (Å²) in [5.41, 5.74) is 0. The smallest absolute Gasteiger partial charge is 0.220 e. The van der Waals surface area contributed by atoms with Crippen LogP contribution < -0.4 is 5.32 Å². The molecule has 0 radical (unpaired) electrons. The molecule has 0 bridgehead atoms. The third kappa shape index (κ3) is 47.5. The summed E-state index contributed by atoms with van der Waals surface area (Å²) >= 11 is 0. The Bertz CT molecular complexity index is 897. The predicted octanol–water partition coefficient (Wildman–Crippen LogP) is 17.3. The summed E-state index contributed by atoms with van der Waals surface area (Å²) in [5.74, 6) is -0.0620. The van der Waals surface area contributed by atoms with E-state index in [4.69, 9.17) is 0 Å². The van der Waals surface area contributed by atoms with Crippen molar-refractivity contribution < 1.29 is 15.0 Å². The topological polar surface area (TPSA) is 69.6 Å². The molecule has 0 fully saturated rings. The molecule has 348 valence electrons. The average molecular weight is 828 g/mol. The zero-order valence-electron chi connectivity index (χ0n) is 40.0. The maximum absolute atomic E-state index is 12.4. The largest absolute Gasteiger partial charge is 0.394 e. The van der Waals surface area contributed by atoms with Gasteiger partial charge in [0.05, 0.1) is 18.8 Å². The highest BCUT2D eigenvalue weighted by atomic mass is 16.3. The second-order valence-electron chi connectivity index (χ2n) is 18.3. The fourth-order valence-corrected chi connectivity index (χ4v) is 8.27. The van der Waals surface area contributed by atoms with E-state index in [1.807, 2.05) is 6.08 Å². The van der Waals surface area contributed by atoms with Crippen molar-refractivity contribution in [1.29, 1.82) is 0 Å². The first kappa shape index (κ1) is 57.6. The Kier molecular flexibility index (Phi) is 49.8. The van der Waals surface area contributed by atoms with Gasteiger partial charge in [-0.05, 0) is 51.4 Å². The number of carbonyl (C=O) groups is 1. The lowest BCUT2D eigenvalue weighted by atomic mass is 10.0. The second kappa shape index (κ2) is 51.0. The number of hydrogen-bond acceptors (Lipinski definition) is 3. The van der Waals surface area contributed by atoms with Crippen molar-refractivity contribution in [2.45, 2.75) is 302 Å². The maximum atomic E-state index is 12.4. The molecule has 0 rings (SSSR count). The maximum Gasteiger partial charge on any atom is 0.220 e. The normalized spacial score (nSPS) is 13.1. The second-order valence-corrected chi connectivity index (χ2v) is 18.3. The molecule has 0 saturated carbocycles. The monoisotopic (exact) mass is 828 g/mol. The van der Waals surface area contributed by atoms with E-state index in [9.17, 15) is 15.0 Å². The first-order valence-corrected chi connectivity index (χ1v) is 26.7. The van der Waals surface area contributed by atoms with Crippen LogP contribution in [0.1, 0.15) is 290 Å². The Morgan fingerprint density at radius 1 is 0.407 bits per heavy atom. The number of allylic oxidation sites excluding steroid dienone is 5. The zero-order valence-corrected chi connectivity index (χ0v) is 40.0. The lowest BCUT2D eigenvalue weighted by Gasteiger charge is -2.20. The highest BCUT2D eigenvalue weighted by molar-refractivity contribution is 5.76. The van der Waals surface area contributed by atoms with Crippen LogP contribution in [0.2, 0.25) is 0 Å². The third-order valence-electron chi connectivity index (χ3n) is 12.4. The zero-order chi connectivity index (χ0) is 42.8. The van der Waals surface area contributed by atoms with Crippen LogP contribution in [0.15, 0.2) is 36.5 Å². The van der Waals surface area contributed by atoms with Crippen LogP contribution >= 0.6 is 0 Å². The number of amides is 1. The van der Waals surface area contributed by atoms with Crippen LogP contribution in [0.4, 0.5) is 0 Å². The third-order valence-corrected chi connectivity index (χ3v) is 12.4. The highest BCUT2D eigenvalue weighted by Crippen LogP contribution is 2.16. The molecule has 1 amide bonds. The van der Waals surface area contributed by atoms with Gasteiger partial charge in [-0.25, -0.2) is 0 Å². The van der Waals surface area contributed by atoms with Crippen LogP contribution in [0.25, 0.3) is 0 Å². The van der Waals surface area contributed by atoms with E-state index < -0.39 is 12.1 Å². The summed E-state index contributed by atoms with van der Waals surface area (Å²) in [6.07, 6.45) is 68.8. The quantitative estimate of drug-likeness (QED) is 0.0423. The Morgan fingerprint density at radius 3 is 1.02 bits per heavy atom. The highest BCUT2D eigenvalue weighted by Gasteiger charge is 2.18. The van der Waals surface area contributed by atoms with Gasteiger partial charge in [0.25, 0.3) is 0 Å². The summed E-state index contributed by atoms with van der Waals surface area (Å²) in [5, 5.41) is 23.0. The molecule has 3 N–H and O–H groups in total. The number of carbonyl (C=O) groups excluding carboxylic acids is 1. The van der Waals surface area contributed by atoms with Crippen molar-refractivity contribution in [3.05, 3.63) is 36.5 Å². The van der Waals surface area contributed by atoms with Gasteiger partial charge in [-0.15, -0.1) is 0 Å². The molecule has 4 nitrogen and oxygen atoms in total. The molecule has 2 unspecified atom stereocenters. The lowest BCUT2D eigenvalue weighted by Crippen LogP contribution is -2.45. The minimum Gasteiger partial charge on any atom is -0.394 e. The lowest BCUT2D eigenvalue weighted by molar-refractivity contribution is -0.123. The summed E-state index contributed by atoms with van der Waals surface area (Å²) in [6, 6.07) is -0.619. The van der Waals surface area contributed by atoms with E-state index in [0.717, 1.165) is 32.1 Å². The van der Waals surface area contributed by atoms with Gasteiger partial charge in [-0.3, -0.25) is 4.79 Å². The van der Waals surface area contributed by atoms with Crippen LogP contribution in [-0.2, 0) is 4.79 Å². The van der Waals surface area contributed by atoms with Crippen LogP contribution in [0.3, 0.4) is 0 Å². The molecule has 0 aromatic rings. The summed E-state index contributed by atoms with van der Waals surface area (Å²) in [7, 11) is 0. The van der Waals surface area contributed by atoms with Crippen LogP contribution in [0, 0.1) is 0 Å². The van der Waals surface area contributed by atoms with E-state index in [-0.39, 0.29) is 12.5 Å². The Balaban J connectivity index is 3.42. The molecule has 0 saturated heterocycles. The SMILES string of the molecule is CCCCCCCCCCCC/C=C/C(O)C(CO)NC(=O)CCCCCCCCCCCCCCCCCCC/C=C\C/C=C\CCCCCCCCCCCCC. The van der Waals surface area contributed by atoms with E-state index in [2.05, 4.69) is 43.5 Å². The van der Waals surface area contributed by atoms with Crippen LogP contribution in [0.5, 0.6) is 0 Å². The van der Waals surface area contributed by atoms with Gasteiger partial charge in [-0.1, -0.05) is 269 Å². The van der Waals surface area contributed by atoms with Gasteiger partial charge in [0.15, 0.2) is 0 Å². The van der Waals surface area contributed by atoms with Crippen molar-refractivity contribution in [2.75, 3.05) is 6.61 Å². The van der Waals surface area contributed by atoms with Crippen molar-refractivity contribution >= 4 is 5.91 Å². The van der Waals surface area contributed by atoms with E-state index in [0.29, 0.717) is 6.42 Å². The molecule has 0 aliphatic carbocycles. The van der Waals surface area contributed by atoms with E-state index >= 15 is 0 Å². The van der Waals surface area contributed by atoms with Gasteiger partial charge < -0.3 is 15.5 Å². The average Bonchev–Trinajstić information content (AvgIpc) is 3.24. The van der Waals surface area contributed by atoms with Crippen molar-refractivity contribution in [3.8, 4) is 0 Å². The van der Waals surface area contributed by atoms with E-state index in [1.165, 1.54) is 238 Å². The molecule has 4 heteroatoms. The number of unbranched alkanes of at least 4 members (excludes halogenated alkanes) is 38. The molecule has 2 atom stereocenters. The molecule has 0 aliphatic heterocycles. The number of nitrogens with one attached hydrogen (secondary N) is 1. The Labute approximate surface area is 370 Å². The fourth-order valence-electron chi connectivity index (χ4n) is 8.27. The summed E-state index contributed by atoms with van der Waals surface area (Å²) in [6.45, 7) is 4.32. The fraction of sp³-hybridized carbons (Fsp3) is 0.873. The first-order valence-electron chi connectivity index (χ1n) is 26.7. The van der Waals surface area contributed by atoms with Gasteiger partial charge >= 0.3 is 0 Å².